The van der Waals surface area contributed by atoms with Crippen molar-refractivity contribution >= 4 is 5.91 Å². The molecule has 0 spiro atoms. The van der Waals surface area contributed by atoms with Crippen LogP contribution >= 0.6 is 0 Å². The maximum absolute atomic E-state index is 11.7. The normalized spacial score (nSPS) is 10.2. The van der Waals surface area contributed by atoms with Gasteiger partial charge in [0.05, 0.1) is 0 Å². The van der Waals surface area contributed by atoms with Gasteiger partial charge in [-0.2, -0.15) is 0 Å². The first-order chi connectivity index (χ1) is 11.3. The molecule has 138 valence electrons. The maximum Gasteiger partial charge on any atom is 0.219 e. The average molecular weight is 399 g/mol. The number of hydrogen-bond acceptors (Lipinski definition) is 1. The number of halogens is 1. The molecule has 0 aliphatic rings. The molecule has 4 heteroatoms. The van der Waals surface area contributed by atoms with Crippen molar-refractivity contribution in [3.05, 3.63) is 30.6 Å². The van der Waals surface area contributed by atoms with E-state index in [0.29, 0.717) is 6.42 Å². The topological polar surface area (TPSA) is 33.0 Å². The standard InChI is InChI=1S/C20H34N2O.BrH/c1-2-3-4-5-6-7-8-11-16-21-20(23)15-10-14-19-22-17-12-9-13-18-22;/h9,12-13,17-18H,2-8,10-11,14-16,19H2,1H3;1H. The molecule has 0 bridgehead atoms. The van der Waals surface area contributed by atoms with E-state index in [-0.39, 0.29) is 22.9 Å². The van der Waals surface area contributed by atoms with E-state index in [0.717, 1.165) is 32.4 Å². The fourth-order valence-electron chi connectivity index (χ4n) is 2.74. The van der Waals surface area contributed by atoms with Crippen LogP contribution in [0.2, 0.25) is 0 Å². The second-order valence-corrected chi connectivity index (χ2v) is 6.40. The van der Waals surface area contributed by atoms with Crippen LogP contribution in [0.5, 0.6) is 0 Å². The SMILES string of the molecule is CCCCCCCCCCNC(=O)CCCC[n+]1ccccc1.[Br-]. The van der Waals surface area contributed by atoms with E-state index in [2.05, 4.69) is 29.2 Å². The molecule has 0 fully saturated rings. The van der Waals surface area contributed by atoms with Crippen molar-refractivity contribution in [1.82, 2.24) is 5.32 Å². The van der Waals surface area contributed by atoms with Crippen molar-refractivity contribution in [3.63, 3.8) is 0 Å². The number of carbonyl (C=O) groups excluding carboxylic acids is 1. The molecule has 1 N–H and O–H groups in total. The van der Waals surface area contributed by atoms with E-state index in [4.69, 9.17) is 0 Å². The fourth-order valence-corrected chi connectivity index (χ4v) is 2.74. The highest BCUT2D eigenvalue weighted by Crippen LogP contribution is 2.07. The molecular formula is C20H35BrN2O. The zero-order chi connectivity index (χ0) is 16.6. The van der Waals surface area contributed by atoms with E-state index in [1.165, 1.54) is 44.9 Å². The number of rotatable bonds is 14. The summed E-state index contributed by atoms with van der Waals surface area (Å²) >= 11 is 0. The summed E-state index contributed by atoms with van der Waals surface area (Å²) in [5.41, 5.74) is 0. The number of aromatic nitrogens is 1. The minimum atomic E-state index is 0. The third-order valence-corrected chi connectivity index (χ3v) is 4.20. The van der Waals surface area contributed by atoms with Gasteiger partial charge < -0.3 is 22.3 Å². The van der Waals surface area contributed by atoms with Crippen LogP contribution in [0.1, 0.15) is 77.6 Å². The third-order valence-electron chi connectivity index (χ3n) is 4.20. The summed E-state index contributed by atoms with van der Waals surface area (Å²) in [4.78, 5) is 11.7. The molecule has 0 radical (unpaired) electrons. The number of amides is 1. The third kappa shape index (κ3) is 13.5. The van der Waals surface area contributed by atoms with Crippen molar-refractivity contribution in [3.8, 4) is 0 Å². The summed E-state index contributed by atoms with van der Waals surface area (Å²) in [5.74, 6) is 0.214. The Morgan fingerprint density at radius 2 is 1.46 bits per heavy atom. The Bertz CT molecular complexity index is 398. The van der Waals surface area contributed by atoms with Crippen LogP contribution in [-0.2, 0) is 11.3 Å². The van der Waals surface area contributed by atoms with Gasteiger partial charge in [0.1, 0.15) is 6.54 Å². The monoisotopic (exact) mass is 398 g/mol. The van der Waals surface area contributed by atoms with Gasteiger partial charge in [-0.1, -0.05) is 57.9 Å². The Morgan fingerprint density at radius 1 is 0.833 bits per heavy atom. The molecule has 1 amide bonds. The minimum Gasteiger partial charge on any atom is -1.00 e. The van der Waals surface area contributed by atoms with Gasteiger partial charge in [-0.15, -0.1) is 0 Å². The van der Waals surface area contributed by atoms with Gasteiger partial charge >= 0.3 is 0 Å². The van der Waals surface area contributed by atoms with Gasteiger partial charge in [-0.25, -0.2) is 4.57 Å². The average Bonchev–Trinajstić information content (AvgIpc) is 2.58. The first-order valence-corrected chi connectivity index (χ1v) is 9.53. The molecule has 0 aliphatic heterocycles. The smallest absolute Gasteiger partial charge is 0.219 e. The van der Waals surface area contributed by atoms with Gasteiger partial charge in [0.25, 0.3) is 0 Å². The first-order valence-electron chi connectivity index (χ1n) is 9.53. The van der Waals surface area contributed by atoms with E-state index in [1.807, 2.05) is 18.2 Å². The number of hydrogen-bond donors (Lipinski definition) is 1. The van der Waals surface area contributed by atoms with Gasteiger partial charge in [0, 0.05) is 31.5 Å². The lowest BCUT2D eigenvalue weighted by Crippen LogP contribution is -3.00. The van der Waals surface area contributed by atoms with Gasteiger partial charge in [0.2, 0.25) is 5.91 Å². The highest BCUT2D eigenvalue weighted by molar-refractivity contribution is 5.75. The van der Waals surface area contributed by atoms with E-state index >= 15 is 0 Å². The fraction of sp³-hybridized carbons (Fsp3) is 0.700. The maximum atomic E-state index is 11.7. The Hall–Kier alpha value is -0.900. The lowest BCUT2D eigenvalue weighted by molar-refractivity contribution is -0.697. The zero-order valence-electron chi connectivity index (χ0n) is 15.3. The molecular weight excluding hydrogens is 364 g/mol. The summed E-state index contributed by atoms with van der Waals surface area (Å²) in [5, 5.41) is 3.05. The molecule has 1 heterocycles. The highest BCUT2D eigenvalue weighted by Gasteiger charge is 2.02. The lowest BCUT2D eigenvalue weighted by atomic mass is 10.1. The summed E-state index contributed by atoms with van der Waals surface area (Å²) in [6.07, 6.45) is 17.3. The van der Waals surface area contributed by atoms with Crippen LogP contribution in [0.25, 0.3) is 0 Å². The van der Waals surface area contributed by atoms with Crippen LogP contribution in [0.4, 0.5) is 0 Å². The molecule has 0 aromatic carbocycles. The van der Waals surface area contributed by atoms with Crippen LogP contribution in [0, 0.1) is 0 Å². The quantitative estimate of drug-likeness (QED) is 0.372. The summed E-state index contributed by atoms with van der Waals surface area (Å²) in [6.45, 7) is 4.09. The van der Waals surface area contributed by atoms with Crippen LogP contribution in [-0.4, -0.2) is 12.5 Å². The van der Waals surface area contributed by atoms with Gasteiger partial charge in [0.15, 0.2) is 12.4 Å². The van der Waals surface area contributed by atoms with E-state index in [9.17, 15) is 4.79 Å². The Balaban J connectivity index is 0.00000529. The number of aryl methyl sites for hydroxylation is 1. The molecule has 0 aliphatic carbocycles. The van der Waals surface area contributed by atoms with Gasteiger partial charge in [-0.3, -0.25) is 4.79 Å². The molecule has 0 saturated heterocycles. The second kappa shape index (κ2) is 16.9. The van der Waals surface area contributed by atoms with Gasteiger partial charge in [-0.05, 0) is 12.8 Å². The molecule has 0 saturated carbocycles. The number of nitrogens with zero attached hydrogens (tertiary/aromatic N) is 1. The predicted octanol–water partition coefficient (Wildman–Crippen LogP) is 1.41. The number of unbranched alkanes of at least 4 members (excludes halogenated alkanes) is 8. The lowest BCUT2D eigenvalue weighted by Gasteiger charge is -2.05. The van der Waals surface area contributed by atoms with E-state index in [1.54, 1.807) is 0 Å². The van der Waals surface area contributed by atoms with Crippen molar-refractivity contribution in [1.29, 1.82) is 0 Å². The molecule has 3 nitrogen and oxygen atoms in total. The first kappa shape index (κ1) is 23.1. The Morgan fingerprint density at radius 3 is 2.12 bits per heavy atom. The van der Waals surface area contributed by atoms with Crippen molar-refractivity contribution in [2.75, 3.05) is 6.54 Å². The van der Waals surface area contributed by atoms with Crippen LogP contribution in [0.15, 0.2) is 30.6 Å². The highest BCUT2D eigenvalue weighted by atomic mass is 79.9. The zero-order valence-corrected chi connectivity index (χ0v) is 16.9. The molecule has 0 unspecified atom stereocenters. The molecule has 1 aromatic heterocycles. The largest absolute Gasteiger partial charge is 1.00 e. The Kier molecular flexibility index (Phi) is 16.3. The van der Waals surface area contributed by atoms with Crippen molar-refractivity contribution < 1.29 is 26.3 Å². The number of pyridine rings is 1. The molecule has 24 heavy (non-hydrogen) atoms. The predicted molar refractivity (Wildman–Crippen MR) is 96.1 cm³/mol. The van der Waals surface area contributed by atoms with E-state index < -0.39 is 0 Å². The molecule has 0 atom stereocenters. The van der Waals surface area contributed by atoms with Crippen molar-refractivity contribution in [2.24, 2.45) is 0 Å². The van der Waals surface area contributed by atoms with Crippen LogP contribution in [0.3, 0.4) is 0 Å². The Labute approximate surface area is 159 Å². The summed E-state index contributed by atoms with van der Waals surface area (Å²) in [7, 11) is 0. The van der Waals surface area contributed by atoms with Crippen LogP contribution < -0.4 is 26.9 Å². The molecule has 1 rings (SSSR count). The molecule has 1 aromatic rings. The summed E-state index contributed by atoms with van der Waals surface area (Å²) in [6, 6.07) is 6.10. The second-order valence-electron chi connectivity index (χ2n) is 6.40. The van der Waals surface area contributed by atoms with Crippen molar-refractivity contribution in [2.45, 2.75) is 84.1 Å². The number of nitrogens with one attached hydrogen (secondary N) is 1. The minimum absolute atomic E-state index is 0. The summed E-state index contributed by atoms with van der Waals surface area (Å²) < 4.78 is 2.17. The number of carbonyl (C=O) groups is 1.